The Bertz CT molecular complexity index is 609. The normalized spacial score (nSPS) is 11.1. The molecule has 0 N–H and O–H groups in total. The van der Waals surface area contributed by atoms with Crippen LogP contribution in [-0.4, -0.2) is 24.1 Å². The Labute approximate surface area is 110 Å². The first-order chi connectivity index (χ1) is 8.58. The van der Waals surface area contributed by atoms with Crippen molar-refractivity contribution in [1.82, 2.24) is 24.1 Å². The first kappa shape index (κ1) is 12.9. The van der Waals surface area contributed by atoms with Gasteiger partial charge in [0.25, 0.3) is 0 Å². The predicted molar refractivity (Wildman–Crippen MR) is 68.9 cm³/mol. The first-order valence-corrected chi connectivity index (χ1v) is 6.28. The SMILES string of the molecule is CCc1nn(CC)c(Cn2ncn(C)c2=O)c1Cl. The van der Waals surface area contributed by atoms with E-state index in [1.807, 2.05) is 18.5 Å². The van der Waals surface area contributed by atoms with Crippen LogP contribution in [0.3, 0.4) is 0 Å². The van der Waals surface area contributed by atoms with Crippen LogP contribution in [0, 0.1) is 0 Å². The molecule has 0 aromatic carbocycles. The lowest BCUT2D eigenvalue weighted by Gasteiger charge is -2.04. The van der Waals surface area contributed by atoms with E-state index in [-0.39, 0.29) is 5.69 Å². The van der Waals surface area contributed by atoms with Gasteiger partial charge in [0.2, 0.25) is 0 Å². The molecule has 0 aliphatic rings. The van der Waals surface area contributed by atoms with Crippen LogP contribution in [-0.2, 0) is 26.6 Å². The van der Waals surface area contributed by atoms with E-state index in [2.05, 4.69) is 10.2 Å². The largest absolute Gasteiger partial charge is 0.345 e. The zero-order valence-electron chi connectivity index (χ0n) is 10.7. The van der Waals surface area contributed by atoms with Crippen LogP contribution in [0.25, 0.3) is 0 Å². The van der Waals surface area contributed by atoms with Gasteiger partial charge in [-0.1, -0.05) is 18.5 Å². The van der Waals surface area contributed by atoms with E-state index in [4.69, 9.17) is 11.6 Å². The van der Waals surface area contributed by atoms with Gasteiger partial charge in [-0.2, -0.15) is 10.2 Å². The van der Waals surface area contributed by atoms with Crippen LogP contribution in [0.5, 0.6) is 0 Å². The van der Waals surface area contributed by atoms with E-state index in [1.165, 1.54) is 15.6 Å². The third-order valence-corrected chi connectivity index (χ3v) is 3.32. The molecule has 2 aromatic rings. The predicted octanol–water partition coefficient (Wildman–Crippen LogP) is 1.06. The van der Waals surface area contributed by atoms with Crippen molar-refractivity contribution in [3.8, 4) is 0 Å². The molecule has 0 bridgehead atoms. The molecule has 0 amide bonds. The third kappa shape index (κ3) is 2.08. The van der Waals surface area contributed by atoms with Crippen molar-refractivity contribution in [3.63, 3.8) is 0 Å². The standard InChI is InChI=1S/C11H16ClN5O/c1-4-8-10(12)9(16(5-2)14-8)6-17-11(18)15(3)7-13-17/h7H,4-6H2,1-3H3. The van der Waals surface area contributed by atoms with Gasteiger partial charge in [-0.15, -0.1) is 0 Å². The zero-order valence-corrected chi connectivity index (χ0v) is 11.5. The summed E-state index contributed by atoms with van der Waals surface area (Å²) in [4.78, 5) is 11.8. The number of hydrogen-bond donors (Lipinski definition) is 0. The highest BCUT2D eigenvalue weighted by Gasteiger charge is 2.16. The van der Waals surface area contributed by atoms with Gasteiger partial charge < -0.3 is 0 Å². The Kier molecular flexibility index (Phi) is 3.56. The molecule has 2 rings (SSSR count). The van der Waals surface area contributed by atoms with E-state index in [1.54, 1.807) is 7.05 Å². The highest BCUT2D eigenvalue weighted by molar-refractivity contribution is 6.31. The maximum atomic E-state index is 11.8. The van der Waals surface area contributed by atoms with Crippen LogP contribution < -0.4 is 5.69 Å². The molecule has 0 aliphatic carbocycles. The smallest absolute Gasteiger partial charge is 0.285 e. The highest BCUT2D eigenvalue weighted by Crippen LogP contribution is 2.21. The molecule has 2 aromatic heterocycles. The number of aromatic nitrogens is 5. The number of aryl methyl sites for hydroxylation is 3. The van der Waals surface area contributed by atoms with Crippen LogP contribution in [0.1, 0.15) is 25.2 Å². The van der Waals surface area contributed by atoms with Gasteiger partial charge in [-0.3, -0.25) is 9.25 Å². The van der Waals surface area contributed by atoms with Crippen molar-refractivity contribution < 1.29 is 0 Å². The molecule has 7 heteroatoms. The fourth-order valence-electron chi connectivity index (χ4n) is 1.84. The van der Waals surface area contributed by atoms with Gasteiger partial charge in [-0.25, -0.2) is 9.48 Å². The topological polar surface area (TPSA) is 57.6 Å². The summed E-state index contributed by atoms with van der Waals surface area (Å²) in [5.74, 6) is 0. The second-order valence-corrected chi connectivity index (χ2v) is 4.44. The Balaban J connectivity index is 2.42. The second kappa shape index (κ2) is 4.97. The molecule has 0 radical (unpaired) electrons. The quantitative estimate of drug-likeness (QED) is 0.834. The van der Waals surface area contributed by atoms with Crippen molar-refractivity contribution in [2.45, 2.75) is 33.4 Å². The molecule has 98 valence electrons. The Morgan fingerprint density at radius 2 is 2.06 bits per heavy atom. The van der Waals surface area contributed by atoms with E-state index in [0.717, 1.165) is 24.4 Å². The van der Waals surface area contributed by atoms with Crippen LogP contribution in [0.15, 0.2) is 11.1 Å². The van der Waals surface area contributed by atoms with E-state index in [0.29, 0.717) is 11.6 Å². The molecule has 6 nitrogen and oxygen atoms in total. The summed E-state index contributed by atoms with van der Waals surface area (Å²) in [6.07, 6.45) is 2.26. The highest BCUT2D eigenvalue weighted by atomic mass is 35.5. The van der Waals surface area contributed by atoms with E-state index >= 15 is 0 Å². The molecule has 0 spiro atoms. The van der Waals surface area contributed by atoms with Gasteiger partial charge in [0.15, 0.2) is 0 Å². The Morgan fingerprint density at radius 1 is 1.33 bits per heavy atom. The molecular weight excluding hydrogens is 254 g/mol. The first-order valence-electron chi connectivity index (χ1n) is 5.90. The fraction of sp³-hybridized carbons (Fsp3) is 0.545. The monoisotopic (exact) mass is 269 g/mol. The van der Waals surface area contributed by atoms with Gasteiger partial charge in [0.05, 0.1) is 23.0 Å². The molecule has 0 unspecified atom stereocenters. The molecular formula is C11H16ClN5O. The average molecular weight is 270 g/mol. The van der Waals surface area contributed by atoms with Gasteiger partial charge in [0.1, 0.15) is 6.33 Å². The summed E-state index contributed by atoms with van der Waals surface area (Å²) in [5.41, 5.74) is 1.53. The lowest BCUT2D eigenvalue weighted by Crippen LogP contribution is -2.24. The Hall–Kier alpha value is -1.56. The summed E-state index contributed by atoms with van der Waals surface area (Å²) in [6, 6.07) is 0. The Morgan fingerprint density at radius 3 is 2.56 bits per heavy atom. The average Bonchev–Trinajstić information content (AvgIpc) is 2.85. The molecule has 0 atom stereocenters. The van der Waals surface area contributed by atoms with E-state index in [9.17, 15) is 4.79 Å². The maximum absolute atomic E-state index is 11.8. The molecule has 0 saturated heterocycles. The summed E-state index contributed by atoms with van der Waals surface area (Å²) in [6.45, 7) is 5.06. The molecule has 0 fully saturated rings. The van der Waals surface area contributed by atoms with Crippen LogP contribution in [0.4, 0.5) is 0 Å². The number of hydrogen-bond acceptors (Lipinski definition) is 3. The summed E-state index contributed by atoms with van der Waals surface area (Å²) in [5, 5.41) is 9.08. The molecule has 18 heavy (non-hydrogen) atoms. The van der Waals surface area contributed by atoms with Gasteiger partial charge in [0, 0.05) is 13.6 Å². The van der Waals surface area contributed by atoms with Gasteiger partial charge in [-0.05, 0) is 13.3 Å². The van der Waals surface area contributed by atoms with Crippen LogP contribution >= 0.6 is 11.6 Å². The lowest BCUT2D eigenvalue weighted by molar-refractivity contribution is 0.561. The van der Waals surface area contributed by atoms with Crippen molar-refractivity contribution in [3.05, 3.63) is 33.2 Å². The lowest BCUT2D eigenvalue weighted by atomic mass is 10.3. The minimum Gasteiger partial charge on any atom is -0.285 e. The van der Waals surface area contributed by atoms with Crippen LogP contribution in [0.2, 0.25) is 5.02 Å². The molecule has 0 aliphatic heterocycles. The minimum atomic E-state index is -0.159. The zero-order chi connectivity index (χ0) is 13.3. The maximum Gasteiger partial charge on any atom is 0.345 e. The number of rotatable bonds is 4. The summed E-state index contributed by atoms with van der Waals surface area (Å²) < 4.78 is 4.64. The van der Waals surface area contributed by atoms with Crippen molar-refractivity contribution in [2.75, 3.05) is 0 Å². The summed E-state index contributed by atoms with van der Waals surface area (Å²) >= 11 is 6.28. The van der Waals surface area contributed by atoms with Crippen molar-refractivity contribution in [1.29, 1.82) is 0 Å². The van der Waals surface area contributed by atoms with Crippen molar-refractivity contribution >= 4 is 11.6 Å². The minimum absolute atomic E-state index is 0.159. The molecule has 0 saturated carbocycles. The summed E-state index contributed by atoms with van der Waals surface area (Å²) in [7, 11) is 1.67. The molecule has 2 heterocycles. The van der Waals surface area contributed by atoms with Gasteiger partial charge >= 0.3 is 5.69 Å². The number of halogens is 1. The number of nitrogens with zero attached hydrogens (tertiary/aromatic N) is 5. The van der Waals surface area contributed by atoms with E-state index < -0.39 is 0 Å². The second-order valence-electron chi connectivity index (χ2n) is 4.06. The third-order valence-electron chi connectivity index (χ3n) is 2.88. The fourth-order valence-corrected chi connectivity index (χ4v) is 2.17. The van der Waals surface area contributed by atoms with Crippen molar-refractivity contribution in [2.24, 2.45) is 7.05 Å².